The van der Waals surface area contributed by atoms with Crippen LogP contribution in [-0.2, 0) is 19.6 Å². The maximum absolute atomic E-state index is 13.2. The average Bonchev–Trinajstić information content (AvgIpc) is 2.61. The molecule has 0 N–H and O–H groups in total. The Kier molecular flexibility index (Phi) is 7.03. The van der Waals surface area contributed by atoms with E-state index in [0.29, 0.717) is 12.8 Å². The fraction of sp³-hybridized carbons (Fsp3) is 0.350. The number of ether oxygens (including phenoxy) is 1. The highest BCUT2D eigenvalue weighted by molar-refractivity contribution is 7.89. The topological polar surface area (TPSA) is 63.7 Å². The number of benzene rings is 1. The number of hydrogen-bond acceptors (Lipinski definition) is 4. The van der Waals surface area contributed by atoms with Crippen LogP contribution in [0.5, 0.6) is 0 Å². The molecular weight excluding hydrogens is 350 g/mol. The maximum Gasteiger partial charge on any atom is 0.325 e. The van der Waals surface area contributed by atoms with E-state index in [1.807, 2.05) is 6.92 Å². The second kappa shape index (κ2) is 9.24. The first kappa shape index (κ1) is 19.8. The van der Waals surface area contributed by atoms with Gasteiger partial charge < -0.3 is 4.74 Å². The SMILES string of the molecule is COC(=O)C1CC#C/C=C\C#CCCCN1S(=O)(=O)c1ccc(C)cc1. The summed E-state index contributed by atoms with van der Waals surface area (Å²) in [6.45, 7) is 2.04. The van der Waals surface area contributed by atoms with E-state index in [1.54, 1.807) is 36.4 Å². The third-order valence-corrected chi connectivity index (χ3v) is 5.80. The second-order valence-electron chi connectivity index (χ2n) is 5.75. The fourth-order valence-corrected chi connectivity index (χ4v) is 4.10. The summed E-state index contributed by atoms with van der Waals surface area (Å²) in [5.74, 6) is 10.8. The molecular formula is C20H21NO4S. The van der Waals surface area contributed by atoms with Crippen LogP contribution in [0.3, 0.4) is 0 Å². The van der Waals surface area contributed by atoms with E-state index in [0.717, 1.165) is 5.56 Å². The molecule has 1 unspecified atom stereocenters. The van der Waals surface area contributed by atoms with Gasteiger partial charge in [0.25, 0.3) is 0 Å². The summed E-state index contributed by atoms with van der Waals surface area (Å²) in [5, 5.41) is 0. The molecule has 0 amide bonds. The molecule has 0 radical (unpaired) electrons. The molecule has 1 aliphatic heterocycles. The van der Waals surface area contributed by atoms with Gasteiger partial charge in [0, 0.05) is 19.4 Å². The molecule has 6 heteroatoms. The molecule has 1 aromatic rings. The Morgan fingerprint density at radius 2 is 1.81 bits per heavy atom. The number of hydrogen-bond donors (Lipinski definition) is 0. The molecule has 0 bridgehead atoms. The Bertz CT molecular complexity index is 893. The second-order valence-corrected chi connectivity index (χ2v) is 7.64. The Morgan fingerprint density at radius 1 is 1.15 bits per heavy atom. The molecule has 1 heterocycles. The van der Waals surface area contributed by atoms with Gasteiger partial charge in [0.2, 0.25) is 10.0 Å². The highest BCUT2D eigenvalue weighted by Crippen LogP contribution is 2.22. The van der Waals surface area contributed by atoms with Crippen LogP contribution in [0.15, 0.2) is 41.3 Å². The molecule has 2 rings (SSSR count). The lowest BCUT2D eigenvalue weighted by Crippen LogP contribution is -2.46. The van der Waals surface area contributed by atoms with Crippen LogP contribution in [0.1, 0.15) is 24.8 Å². The first-order valence-corrected chi connectivity index (χ1v) is 9.69. The van der Waals surface area contributed by atoms with Crippen LogP contribution in [-0.4, -0.2) is 38.4 Å². The van der Waals surface area contributed by atoms with Crippen molar-refractivity contribution in [1.29, 1.82) is 0 Å². The predicted octanol–water partition coefficient (Wildman–Crippen LogP) is 2.27. The lowest BCUT2D eigenvalue weighted by Gasteiger charge is -2.28. The minimum absolute atomic E-state index is 0.0511. The van der Waals surface area contributed by atoms with Gasteiger partial charge in [-0.05, 0) is 37.6 Å². The van der Waals surface area contributed by atoms with Crippen molar-refractivity contribution in [2.24, 2.45) is 0 Å². The molecule has 0 saturated heterocycles. The summed E-state index contributed by atoms with van der Waals surface area (Å²) in [6, 6.07) is 5.55. The number of carbonyl (C=O) groups excluding carboxylic acids is 1. The Hall–Kier alpha value is -2.54. The highest BCUT2D eigenvalue weighted by Gasteiger charge is 2.35. The van der Waals surface area contributed by atoms with Crippen molar-refractivity contribution in [3.63, 3.8) is 0 Å². The van der Waals surface area contributed by atoms with Gasteiger partial charge in [-0.25, -0.2) is 8.42 Å². The Labute approximate surface area is 155 Å². The molecule has 0 aliphatic carbocycles. The van der Waals surface area contributed by atoms with Crippen LogP contribution in [0.2, 0.25) is 0 Å². The van der Waals surface area contributed by atoms with E-state index in [1.165, 1.54) is 11.4 Å². The van der Waals surface area contributed by atoms with E-state index in [9.17, 15) is 13.2 Å². The smallest absolute Gasteiger partial charge is 0.325 e. The van der Waals surface area contributed by atoms with Gasteiger partial charge in [0.05, 0.1) is 12.0 Å². The van der Waals surface area contributed by atoms with E-state index < -0.39 is 22.0 Å². The minimum Gasteiger partial charge on any atom is -0.468 e. The third kappa shape index (κ3) is 4.98. The average molecular weight is 371 g/mol. The number of nitrogens with zero attached hydrogens (tertiary/aromatic N) is 1. The van der Waals surface area contributed by atoms with Gasteiger partial charge in [-0.1, -0.05) is 41.4 Å². The van der Waals surface area contributed by atoms with Crippen LogP contribution >= 0.6 is 0 Å². The molecule has 0 fully saturated rings. The van der Waals surface area contributed by atoms with Crippen molar-refractivity contribution >= 4 is 16.0 Å². The van der Waals surface area contributed by atoms with Gasteiger partial charge in [-0.3, -0.25) is 4.79 Å². The molecule has 0 saturated carbocycles. The van der Waals surface area contributed by atoms with Crippen LogP contribution in [0.25, 0.3) is 0 Å². The monoisotopic (exact) mass is 371 g/mol. The molecule has 0 spiro atoms. The van der Waals surface area contributed by atoms with Crippen molar-refractivity contribution in [3.8, 4) is 23.7 Å². The van der Waals surface area contributed by atoms with Crippen molar-refractivity contribution in [3.05, 3.63) is 42.0 Å². The number of methoxy groups -OCH3 is 1. The number of esters is 1. The standard InChI is InChI=1S/C20H21NO4S/c1-17-12-14-18(15-13-17)26(23,24)21-16-10-8-6-4-3-5-7-9-11-19(21)20(22)25-2/h3,5,12-15,19H,8,10-11,16H2,1-2H3/b5-3-. The predicted molar refractivity (Wildman–Crippen MR) is 99.4 cm³/mol. The van der Waals surface area contributed by atoms with E-state index in [4.69, 9.17) is 4.74 Å². The van der Waals surface area contributed by atoms with E-state index in [-0.39, 0.29) is 17.9 Å². The molecule has 1 atom stereocenters. The van der Waals surface area contributed by atoms with Crippen LogP contribution < -0.4 is 0 Å². The zero-order valence-electron chi connectivity index (χ0n) is 14.9. The maximum atomic E-state index is 13.2. The van der Waals surface area contributed by atoms with Crippen molar-refractivity contribution < 1.29 is 17.9 Å². The molecule has 136 valence electrons. The largest absolute Gasteiger partial charge is 0.468 e. The zero-order chi connectivity index (χ0) is 19.0. The van der Waals surface area contributed by atoms with Crippen LogP contribution in [0, 0.1) is 30.6 Å². The summed E-state index contributed by atoms with van der Waals surface area (Å²) in [6.07, 6.45) is 4.30. The molecule has 5 nitrogen and oxygen atoms in total. The summed E-state index contributed by atoms with van der Waals surface area (Å²) < 4.78 is 32.4. The summed E-state index contributed by atoms with van der Waals surface area (Å²) >= 11 is 0. The Morgan fingerprint density at radius 3 is 2.46 bits per heavy atom. The van der Waals surface area contributed by atoms with Crippen LogP contribution in [0.4, 0.5) is 0 Å². The molecule has 1 aromatic carbocycles. The number of carbonyl (C=O) groups is 1. The van der Waals surface area contributed by atoms with Gasteiger partial charge in [0.15, 0.2) is 0 Å². The molecule has 26 heavy (non-hydrogen) atoms. The fourth-order valence-electron chi connectivity index (χ4n) is 2.48. The lowest BCUT2D eigenvalue weighted by atomic mass is 10.2. The van der Waals surface area contributed by atoms with Crippen molar-refractivity contribution in [2.45, 2.75) is 37.1 Å². The summed E-state index contributed by atoms with van der Waals surface area (Å²) in [4.78, 5) is 12.4. The molecule has 0 aromatic heterocycles. The van der Waals surface area contributed by atoms with Gasteiger partial charge in [-0.2, -0.15) is 4.31 Å². The highest BCUT2D eigenvalue weighted by atomic mass is 32.2. The number of allylic oxidation sites excluding steroid dienone is 2. The van der Waals surface area contributed by atoms with Crippen molar-refractivity contribution in [1.82, 2.24) is 4.31 Å². The van der Waals surface area contributed by atoms with E-state index in [2.05, 4.69) is 23.7 Å². The van der Waals surface area contributed by atoms with Gasteiger partial charge >= 0.3 is 5.97 Å². The first-order valence-electron chi connectivity index (χ1n) is 8.25. The normalized spacial score (nSPS) is 19.5. The lowest BCUT2D eigenvalue weighted by molar-refractivity contribution is -0.145. The van der Waals surface area contributed by atoms with E-state index >= 15 is 0 Å². The minimum atomic E-state index is -3.87. The zero-order valence-corrected chi connectivity index (χ0v) is 15.7. The van der Waals surface area contributed by atoms with Crippen molar-refractivity contribution in [2.75, 3.05) is 13.7 Å². The summed E-state index contributed by atoms with van der Waals surface area (Å²) in [7, 11) is -2.63. The first-order chi connectivity index (χ1) is 12.5. The third-order valence-electron chi connectivity index (χ3n) is 3.88. The quantitative estimate of drug-likeness (QED) is 0.604. The molecule has 1 aliphatic rings. The van der Waals surface area contributed by atoms with Gasteiger partial charge in [-0.15, -0.1) is 0 Å². The number of sulfonamides is 1. The van der Waals surface area contributed by atoms with Gasteiger partial charge in [0.1, 0.15) is 6.04 Å². The summed E-state index contributed by atoms with van der Waals surface area (Å²) in [5.41, 5.74) is 0.954. The Balaban J connectivity index is 2.46. The number of rotatable bonds is 3. The number of aryl methyl sites for hydroxylation is 1.